The minimum absolute atomic E-state index is 0.112. The van der Waals surface area contributed by atoms with Crippen LogP contribution in [-0.2, 0) is 0 Å². The number of amides is 1. The Hall–Kier alpha value is -1.51. The van der Waals surface area contributed by atoms with Crippen LogP contribution in [0.2, 0.25) is 0 Å². The van der Waals surface area contributed by atoms with E-state index in [1.807, 2.05) is 19.9 Å². The first kappa shape index (κ1) is 11.0. The molecule has 0 atom stereocenters. The molecule has 0 heterocycles. The van der Waals surface area contributed by atoms with E-state index in [1.54, 1.807) is 12.1 Å². The number of nitrogens with two attached hydrogens (primary N) is 1. The molecule has 0 aliphatic heterocycles. The monoisotopic (exact) mass is 219 g/mol. The predicted molar refractivity (Wildman–Crippen MR) is 62.7 cm³/mol. The van der Waals surface area contributed by atoms with Crippen molar-refractivity contribution >= 4 is 5.91 Å². The standard InChI is InChI=1S/C13H17NO2/c1-8(2)16-12-7-10(13(14)15)5-6-11(12)9-3-4-9/h5-9H,3-4H2,1-2H3,(H2,14,15). The number of benzene rings is 1. The molecule has 86 valence electrons. The summed E-state index contributed by atoms with van der Waals surface area (Å²) in [6, 6.07) is 5.51. The van der Waals surface area contributed by atoms with Crippen LogP contribution < -0.4 is 10.5 Å². The molecular weight excluding hydrogens is 202 g/mol. The fourth-order valence-electron chi connectivity index (χ4n) is 1.78. The Balaban J connectivity index is 2.34. The SMILES string of the molecule is CC(C)Oc1cc(C(N)=O)ccc1C1CC1. The third-order valence-electron chi connectivity index (χ3n) is 2.68. The largest absolute Gasteiger partial charge is 0.491 e. The molecule has 1 saturated carbocycles. The number of carbonyl (C=O) groups excluding carboxylic acids is 1. The smallest absolute Gasteiger partial charge is 0.248 e. The van der Waals surface area contributed by atoms with Gasteiger partial charge in [-0.25, -0.2) is 0 Å². The molecule has 0 bridgehead atoms. The number of carbonyl (C=O) groups is 1. The molecule has 1 amide bonds. The summed E-state index contributed by atoms with van der Waals surface area (Å²) in [6.45, 7) is 3.96. The molecule has 3 nitrogen and oxygen atoms in total. The van der Waals surface area contributed by atoms with Crippen molar-refractivity contribution in [3.8, 4) is 5.75 Å². The number of hydrogen-bond acceptors (Lipinski definition) is 2. The second-order valence-corrected chi connectivity index (χ2v) is 4.56. The van der Waals surface area contributed by atoms with Crippen molar-refractivity contribution in [2.24, 2.45) is 5.73 Å². The summed E-state index contributed by atoms with van der Waals surface area (Å²) in [5.74, 6) is 1.01. The van der Waals surface area contributed by atoms with E-state index in [4.69, 9.17) is 10.5 Å². The molecule has 1 fully saturated rings. The van der Waals surface area contributed by atoms with E-state index in [9.17, 15) is 4.79 Å². The van der Waals surface area contributed by atoms with Crippen molar-refractivity contribution in [3.63, 3.8) is 0 Å². The molecule has 2 N–H and O–H groups in total. The minimum atomic E-state index is -0.407. The molecule has 2 rings (SSSR count). The number of hydrogen-bond donors (Lipinski definition) is 1. The first-order chi connectivity index (χ1) is 7.58. The van der Waals surface area contributed by atoms with Gasteiger partial charge in [-0.2, -0.15) is 0 Å². The summed E-state index contributed by atoms with van der Waals surface area (Å²) < 4.78 is 5.73. The van der Waals surface area contributed by atoms with Crippen LogP contribution in [0.1, 0.15) is 48.5 Å². The van der Waals surface area contributed by atoms with Crippen molar-refractivity contribution in [2.75, 3.05) is 0 Å². The summed E-state index contributed by atoms with van der Waals surface area (Å²) in [5, 5.41) is 0. The van der Waals surface area contributed by atoms with Gasteiger partial charge in [-0.1, -0.05) is 6.07 Å². The van der Waals surface area contributed by atoms with Crippen LogP contribution in [0.5, 0.6) is 5.75 Å². The lowest BCUT2D eigenvalue weighted by Crippen LogP contribution is -2.13. The van der Waals surface area contributed by atoms with Crippen molar-refractivity contribution in [2.45, 2.75) is 38.7 Å². The fraction of sp³-hybridized carbons (Fsp3) is 0.462. The van der Waals surface area contributed by atoms with E-state index < -0.39 is 5.91 Å². The molecule has 0 aromatic heterocycles. The Kier molecular flexibility index (Phi) is 2.86. The maximum absolute atomic E-state index is 11.1. The van der Waals surface area contributed by atoms with Crippen LogP contribution in [-0.4, -0.2) is 12.0 Å². The highest BCUT2D eigenvalue weighted by molar-refractivity contribution is 5.93. The summed E-state index contributed by atoms with van der Waals surface area (Å²) >= 11 is 0. The van der Waals surface area contributed by atoms with Crippen LogP contribution >= 0.6 is 0 Å². The second-order valence-electron chi connectivity index (χ2n) is 4.56. The summed E-state index contributed by atoms with van der Waals surface area (Å²) in [7, 11) is 0. The van der Waals surface area contributed by atoms with Gasteiger partial charge in [-0.15, -0.1) is 0 Å². The van der Waals surface area contributed by atoms with Gasteiger partial charge in [0.15, 0.2) is 0 Å². The molecule has 16 heavy (non-hydrogen) atoms. The summed E-state index contributed by atoms with van der Waals surface area (Å²) in [6.07, 6.45) is 2.54. The number of primary amides is 1. The Morgan fingerprint density at radius 2 is 2.12 bits per heavy atom. The van der Waals surface area contributed by atoms with Gasteiger partial charge in [0.1, 0.15) is 5.75 Å². The van der Waals surface area contributed by atoms with Crippen molar-refractivity contribution in [1.29, 1.82) is 0 Å². The predicted octanol–water partition coefficient (Wildman–Crippen LogP) is 2.45. The van der Waals surface area contributed by atoms with E-state index >= 15 is 0 Å². The van der Waals surface area contributed by atoms with Gasteiger partial charge in [0.25, 0.3) is 0 Å². The molecule has 1 aliphatic carbocycles. The summed E-state index contributed by atoms with van der Waals surface area (Å²) in [5.41, 5.74) is 6.98. The molecular formula is C13H17NO2. The highest BCUT2D eigenvalue weighted by Gasteiger charge is 2.27. The second kappa shape index (κ2) is 4.16. The van der Waals surface area contributed by atoms with E-state index in [2.05, 4.69) is 0 Å². The van der Waals surface area contributed by atoms with Crippen LogP contribution in [0.3, 0.4) is 0 Å². The molecule has 0 radical (unpaired) electrons. The molecule has 1 aromatic carbocycles. The molecule has 0 saturated heterocycles. The molecule has 3 heteroatoms. The van der Waals surface area contributed by atoms with Crippen molar-refractivity contribution in [3.05, 3.63) is 29.3 Å². The Morgan fingerprint density at radius 3 is 2.62 bits per heavy atom. The topological polar surface area (TPSA) is 52.3 Å². The van der Waals surface area contributed by atoms with Gasteiger partial charge in [0, 0.05) is 5.56 Å². The van der Waals surface area contributed by atoms with Gasteiger partial charge < -0.3 is 10.5 Å². The van der Waals surface area contributed by atoms with Crippen molar-refractivity contribution < 1.29 is 9.53 Å². The zero-order valence-corrected chi connectivity index (χ0v) is 9.69. The van der Waals surface area contributed by atoms with Gasteiger partial charge in [0.05, 0.1) is 6.10 Å². The van der Waals surface area contributed by atoms with E-state index in [0.29, 0.717) is 11.5 Å². The third kappa shape index (κ3) is 2.35. The maximum atomic E-state index is 11.1. The van der Waals surface area contributed by atoms with Crippen LogP contribution in [0.4, 0.5) is 0 Å². The normalized spacial score (nSPS) is 15.2. The molecule has 0 spiro atoms. The molecule has 1 aliphatic rings. The van der Waals surface area contributed by atoms with Crippen LogP contribution in [0, 0.1) is 0 Å². The van der Waals surface area contributed by atoms with Gasteiger partial charge in [-0.05, 0) is 50.3 Å². The Labute approximate surface area is 95.6 Å². The zero-order chi connectivity index (χ0) is 11.7. The quantitative estimate of drug-likeness (QED) is 0.845. The lowest BCUT2D eigenvalue weighted by atomic mass is 10.1. The molecule has 1 aromatic rings. The van der Waals surface area contributed by atoms with Gasteiger partial charge >= 0.3 is 0 Å². The minimum Gasteiger partial charge on any atom is -0.491 e. The first-order valence-electron chi connectivity index (χ1n) is 5.68. The average Bonchev–Trinajstić information content (AvgIpc) is 3.00. The van der Waals surface area contributed by atoms with Crippen molar-refractivity contribution in [1.82, 2.24) is 0 Å². The highest BCUT2D eigenvalue weighted by atomic mass is 16.5. The summed E-state index contributed by atoms with van der Waals surface area (Å²) in [4.78, 5) is 11.1. The highest BCUT2D eigenvalue weighted by Crippen LogP contribution is 2.44. The molecule has 0 unspecified atom stereocenters. The lowest BCUT2D eigenvalue weighted by Gasteiger charge is -2.14. The number of rotatable bonds is 4. The number of ether oxygens (including phenoxy) is 1. The maximum Gasteiger partial charge on any atom is 0.248 e. The third-order valence-corrected chi connectivity index (χ3v) is 2.68. The van der Waals surface area contributed by atoms with E-state index in [0.717, 1.165) is 5.75 Å². The lowest BCUT2D eigenvalue weighted by molar-refractivity contribution is 0.0999. The van der Waals surface area contributed by atoms with E-state index in [-0.39, 0.29) is 6.10 Å². The first-order valence-corrected chi connectivity index (χ1v) is 5.68. The van der Waals surface area contributed by atoms with Gasteiger partial charge in [0.2, 0.25) is 5.91 Å². The average molecular weight is 219 g/mol. The zero-order valence-electron chi connectivity index (χ0n) is 9.69. The Bertz CT molecular complexity index is 408. The fourth-order valence-corrected chi connectivity index (χ4v) is 1.78. The van der Waals surface area contributed by atoms with Crippen LogP contribution in [0.25, 0.3) is 0 Å². The van der Waals surface area contributed by atoms with Gasteiger partial charge in [-0.3, -0.25) is 4.79 Å². The van der Waals surface area contributed by atoms with Crippen LogP contribution in [0.15, 0.2) is 18.2 Å². The Morgan fingerprint density at radius 1 is 1.44 bits per heavy atom. The van der Waals surface area contributed by atoms with E-state index in [1.165, 1.54) is 18.4 Å².